The Bertz CT molecular complexity index is 1030. The van der Waals surface area contributed by atoms with Crippen LogP contribution >= 0.6 is 0 Å². The lowest BCUT2D eigenvalue weighted by atomic mass is 10.1. The molecule has 4 rings (SSSR count). The minimum atomic E-state index is -0.281. The van der Waals surface area contributed by atoms with Gasteiger partial charge in [0.25, 0.3) is 5.91 Å². The van der Waals surface area contributed by atoms with Crippen molar-refractivity contribution < 1.29 is 9.53 Å². The number of aryl methyl sites for hydroxylation is 3. The maximum Gasteiger partial charge on any atom is 0.257 e. The summed E-state index contributed by atoms with van der Waals surface area (Å²) in [5.41, 5.74) is 3.07. The first kappa shape index (κ1) is 19.1. The van der Waals surface area contributed by atoms with Crippen molar-refractivity contribution in [1.29, 1.82) is 0 Å². The van der Waals surface area contributed by atoms with Gasteiger partial charge in [0.1, 0.15) is 17.7 Å². The van der Waals surface area contributed by atoms with E-state index in [1.165, 1.54) is 0 Å². The average molecular weight is 392 g/mol. The summed E-state index contributed by atoms with van der Waals surface area (Å²) >= 11 is 0. The van der Waals surface area contributed by atoms with E-state index < -0.39 is 0 Å². The Morgan fingerprint density at radius 1 is 1.14 bits per heavy atom. The zero-order valence-corrected chi connectivity index (χ0v) is 16.8. The van der Waals surface area contributed by atoms with E-state index in [1.54, 1.807) is 10.9 Å². The van der Waals surface area contributed by atoms with Crippen LogP contribution in [0.15, 0.2) is 42.6 Å². The molecule has 8 nitrogen and oxygen atoms in total. The van der Waals surface area contributed by atoms with Crippen LogP contribution in [0, 0.1) is 13.8 Å². The Kier molecular flexibility index (Phi) is 5.26. The van der Waals surface area contributed by atoms with Gasteiger partial charge in [0.05, 0.1) is 30.1 Å². The van der Waals surface area contributed by atoms with Crippen LogP contribution in [0.3, 0.4) is 0 Å². The third-order valence-electron chi connectivity index (χ3n) is 4.84. The number of nitrogens with one attached hydrogen (secondary N) is 1. The van der Waals surface area contributed by atoms with Crippen LogP contribution in [-0.4, -0.2) is 50.3 Å². The fraction of sp³-hybridized carbons (Fsp3) is 0.333. The zero-order valence-electron chi connectivity index (χ0n) is 16.8. The minimum Gasteiger partial charge on any atom is -0.368 e. The highest BCUT2D eigenvalue weighted by molar-refractivity contribution is 5.95. The molecule has 1 saturated heterocycles. The molecule has 8 heteroatoms. The van der Waals surface area contributed by atoms with Gasteiger partial charge in [0.2, 0.25) is 0 Å². The van der Waals surface area contributed by atoms with E-state index in [9.17, 15) is 4.79 Å². The van der Waals surface area contributed by atoms with Crippen molar-refractivity contribution >= 4 is 17.5 Å². The van der Waals surface area contributed by atoms with Crippen LogP contribution in [0.5, 0.6) is 0 Å². The van der Waals surface area contributed by atoms with E-state index in [0.29, 0.717) is 31.1 Å². The van der Waals surface area contributed by atoms with Crippen LogP contribution in [0.1, 0.15) is 33.5 Å². The summed E-state index contributed by atoms with van der Waals surface area (Å²) in [6.45, 7) is 5.26. The molecule has 1 fully saturated rings. The number of hydrogen-bond acceptors (Lipinski definition) is 6. The average Bonchev–Trinajstić information content (AvgIpc) is 3.06. The van der Waals surface area contributed by atoms with E-state index in [0.717, 1.165) is 22.9 Å². The largest absolute Gasteiger partial charge is 0.368 e. The van der Waals surface area contributed by atoms with Gasteiger partial charge in [0.15, 0.2) is 0 Å². The molecule has 1 amide bonds. The molecule has 0 aliphatic carbocycles. The summed E-state index contributed by atoms with van der Waals surface area (Å²) in [6.07, 6.45) is 1.48. The molecule has 150 valence electrons. The molecule has 0 saturated carbocycles. The lowest BCUT2D eigenvalue weighted by Crippen LogP contribution is -2.42. The third-order valence-corrected chi connectivity index (χ3v) is 4.84. The number of ether oxygens (including phenoxy) is 1. The van der Waals surface area contributed by atoms with Crippen molar-refractivity contribution in [2.75, 3.05) is 25.0 Å². The smallest absolute Gasteiger partial charge is 0.257 e. The molecule has 0 radical (unpaired) electrons. The molecule has 0 aromatic carbocycles. The standard InChI is InChI=1S/C21H24N6O2/c1-14-6-4-8-19(22-14)24-20-9-5-7-17(23-20)18-13-27(10-11-29-18)21(28)16-12-26(3)25-15(16)2/h4-9,12,18H,10-11,13H2,1-3H3,(H,22,23,24)/t18-/m0/s1. The number of rotatable bonds is 4. The minimum absolute atomic E-state index is 0.0258. The second-order valence-corrected chi connectivity index (χ2v) is 7.15. The first-order valence-electron chi connectivity index (χ1n) is 9.58. The first-order chi connectivity index (χ1) is 14.0. The molecule has 4 heterocycles. The topological polar surface area (TPSA) is 85.2 Å². The van der Waals surface area contributed by atoms with Crippen LogP contribution in [0.4, 0.5) is 11.6 Å². The molecule has 3 aromatic rings. The van der Waals surface area contributed by atoms with Crippen molar-refractivity contribution in [2.24, 2.45) is 7.05 Å². The highest BCUT2D eigenvalue weighted by Gasteiger charge is 2.28. The normalized spacial score (nSPS) is 16.7. The van der Waals surface area contributed by atoms with Gasteiger partial charge < -0.3 is 15.0 Å². The molecule has 1 atom stereocenters. The number of hydrogen-bond donors (Lipinski definition) is 1. The number of amides is 1. The fourth-order valence-corrected chi connectivity index (χ4v) is 3.44. The first-order valence-corrected chi connectivity index (χ1v) is 9.58. The number of nitrogens with zero attached hydrogens (tertiary/aromatic N) is 5. The van der Waals surface area contributed by atoms with Crippen molar-refractivity contribution in [1.82, 2.24) is 24.6 Å². The van der Waals surface area contributed by atoms with E-state index >= 15 is 0 Å². The Morgan fingerprint density at radius 3 is 2.62 bits per heavy atom. The molecule has 29 heavy (non-hydrogen) atoms. The molecule has 0 bridgehead atoms. The molecule has 1 aliphatic rings. The van der Waals surface area contributed by atoms with Gasteiger partial charge in [-0.1, -0.05) is 12.1 Å². The van der Waals surface area contributed by atoms with E-state index in [4.69, 9.17) is 4.74 Å². The number of carbonyl (C=O) groups excluding carboxylic acids is 1. The lowest BCUT2D eigenvalue weighted by Gasteiger charge is -2.32. The lowest BCUT2D eigenvalue weighted by molar-refractivity contribution is -0.0246. The maximum atomic E-state index is 12.9. The molecular weight excluding hydrogens is 368 g/mol. The number of morpholine rings is 1. The maximum absolute atomic E-state index is 12.9. The Morgan fingerprint density at radius 2 is 1.90 bits per heavy atom. The summed E-state index contributed by atoms with van der Waals surface area (Å²) in [6, 6.07) is 11.5. The molecule has 0 unspecified atom stereocenters. The number of carbonyl (C=O) groups is 1. The van der Waals surface area contributed by atoms with Gasteiger partial charge >= 0.3 is 0 Å². The molecule has 1 aliphatic heterocycles. The second kappa shape index (κ2) is 8.00. The van der Waals surface area contributed by atoms with Gasteiger partial charge in [0, 0.05) is 25.5 Å². The highest BCUT2D eigenvalue weighted by atomic mass is 16.5. The van der Waals surface area contributed by atoms with Gasteiger partial charge in [-0.15, -0.1) is 0 Å². The van der Waals surface area contributed by atoms with Gasteiger partial charge in [-0.05, 0) is 38.1 Å². The Balaban J connectivity index is 1.49. The van der Waals surface area contributed by atoms with Gasteiger partial charge in [-0.25, -0.2) is 9.97 Å². The van der Waals surface area contributed by atoms with E-state index in [1.807, 2.05) is 62.2 Å². The van der Waals surface area contributed by atoms with Crippen molar-refractivity contribution in [3.05, 3.63) is 65.2 Å². The van der Waals surface area contributed by atoms with Crippen molar-refractivity contribution in [3.63, 3.8) is 0 Å². The predicted octanol–water partition coefficient (Wildman–Crippen LogP) is 2.78. The van der Waals surface area contributed by atoms with Crippen LogP contribution in [0.25, 0.3) is 0 Å². The Labute approximate surface area is 169 Å². The summed E-state index contributed by atoms with van der Waals surface area (Å²) in [5.74, 6) is 1.40. The zero-order chi connectivity index (χ0) is 20.4. The van der Waals surface area contributed by atoms with Gasteiger partial charge in [-0.2, -0.15) is 5.10 Å². The fourth-order valence-electron chi connectivity index (χ4n) is 3.44. The van der Waals surface area contributed by atoms with E-state index in [-0.39, 0.29) is 12.0 Å². The predicted molar refractivity (Wildman–Crippen MR) is 109 cm³/mol. The van der Waals surface area contributed by atoms with Crippen molar-refractivity contribution in [2.45, 2.75) is 20.0 Å². The summed E-state index contributed by atoms with van der Waals surface area (Å²) in [5, 5.41) is 7.50. The molecular formula is C21H24N6O2. The second-order valence-electron chi connectivity index (χ2n) is 7.15. The molecule has 1 N–H and O–H groups in total. The third kappa shape index (κ3) is 4.27. The monoisotopic (exact) mass is 392 g/mol. The van der Waals surface area contributed by atoms with Gasteiger partial charge in [-0.3, -0.25) is 9.48 Å². The van der Waals surface area contributed by atoms with Crippen LogP contribution < -0.4 is 5.32 Å². The summed E-state index contributed by atoms with van der Waals surface area (Å²) in [7, 11) is 1.82. The number of aromatic nitrogens is 4. The van der Waals surface area contributed by atoms with Crippen molar-refractivity contribution in [3.8, 4) is 0 Å². The van der Waals surface area contributed by atoms with Crippen LogP contribution in [-0.2, 0) is 11.8 Å². The SMILES string of the molecule is Cc1cccc(Nc2cccc([C@@H]3CN(C(=O)c4cn(C)nc4C)CCO3)n2)n1. The van der Waals surface area contributed by atoms with E-state index in [2.05, 4.69) is 20.4 Å². The number of anilines is 2. The Hall–Kier alpha value is -3.26. The summed E-state index contributed by atoms with van der Waals surface area (Å²) < 4.78 is 7.58. The summed E-state index contributed by atoms with van der Waals surface area (Å²) in [4.78, 5) is 23.9. The quantitative estimate of drug-likeness (QED) is 0.735. The molecule has 3 aromatic heterocycles. The number of pyridine rings is 2. The molecule has 0 spiro atoms. The highest BCUT2D eigenvalue weighted by Crippen LogP contribution is 2.24. The van der Waals surface area contributed by atoms with Crippen LogP contribution in [0.2, 0.25) is 0 Å².